The number of ether oxygens (including phenoxy) is 1. The zero-order valence-electron chi connectivity index (χ0n) is 13.4. The summed E-state index contributed by atoms with van der Waals surface area (Å²) in [4.78, 5) is 13.6. The minimum absolute atomic E-state index is 0.0389. The summed E-state index contributed by atoms with van der Waals surface area (Å²) in [5.41, 5.74) is 0.996. The molecule has 1 aromatic carbocycles. The Hall–Kier alpha value is -2.55. The number of carbonyl (C=O) groups is 1. The monoisotopic (exact) mass is 350 g/mol. The highest BCUT2D eigenvalue weighted by atomic mass is 32.2. The van der Waals surface area contributed by atoms with Gasteiger partial charge in [0.1, 0.15) is 10.6 Å². The molecule has 0 radical (unpaired) electrons. The van der Waals surface area contributed by atoms with E-state index in [0.29, 0.717) is 30.1 Å². The number of hydrogen-bond acceptors (Lipinski definition) is 5. The van der Waals surface area contributed by atoms with E-state index in [2.05, 4.69) is 9.82 Å². The van der Waals surface area contributed by atoms with Crippen LogP contribution in [0, 0.1) is 0 Å². The second-order valence-corrected chi connectivity index (χ2v) is 7.17. The van der Waals surface area contributed by atoms with Crippen molar-refractivity contribution in [2.45, 2.75) is 17.7 Å². The van der Waals surface area contributed by atoms with Gasteiger partial charge in [-0.15, -0.1) is 0 Å². The van der Waals surface area contributed by atoms with Gasteiger partial charge < -0.3 is 9.64 Å². The standard InChI is InChI=1S/C15H18N4O4S/c1-18-10-12(9-16-18)24(21,22)17-11-5-6-13(14(8-11)23-2)19-7-3-4-15(19)20/h5-6,8-10,17H,3-4,7H2,1-2H3. The zero-order chi connectivity index (χ0) is 17.3. The lowest BCUT2D eigenvalue weighted by molar-refractivity contribution is -0.117. The molecule has 1 fully saturated rings. The quantitative estimate of drug-likeness (QED) is 0.879. The van der Waals surface area contributed by atoms with Crippen LogP contribution in [0.4, 0.5) is 11.4 Å². The number of aromatic nitrogens is 2. The van der Waals surface area contributed by atoms with Gasteiger partial charge in [-0.1, -0.05) is 0 Å². The maximum Gasteiger partial charge on any atom is 0.265 e. The average molecular weight is 350 g/mol. The van der Waals surface area contributed by atoms with Gasteiger partial charge in [0.2, 0.25) is 5.91 Å². The number of sulfonamides is 1. The number of methoxy groups -OCH3 is 1. The third-order valence-electron chi connectivity index (χ3n) is 3.79. The molecule has 128 valence electrons. The van der Waals surface area contributed by atoms with Crippen molar-refractivity contribution in [3.05, 3.63) is 30.6 Å². The van der Waals surface area contributed by atoms with Crippen molar-refractivity contribution in [2.75, 3.05) is 23.3 Å². The van der Waals surface area contributed by atoms with Crippen molar-refractivity contribution < 1.29 is 17.9 Å². The molecule has 2 heterocycles. The molecule has 0 saturated carbocycles. The second kappa shape index (κ2) is 6.16. The van der Waals surface area contributed by atoms with Crippen molar-refractivity contribution in [1.29, 1.82) is 0 Å². The first-order valence-electron chi connectivity index (χ1n) is 7.40. The van der Waals surface area contributed by atoms with Crippen molar-refractivity contribution in [3.63, 3.8) is 0 Å². The molecule has 0 aliphatic carbocycles. The highest BCUT2D eigenvalue weighted by Gasteiger charge is 2.25. The van der Waals surface area contributed by atoms with Crippen LogP contribution >= 0.6 is 0 Å². The molecule has 24 heavy (non-hydrogen) atoms. The Labute approximate surface area is 140 Å². The summed E-state index contributed by atoms with van der Waals surface area (Å²) in [5, 5.41) is 3.86. The largest absolute Gasteiger partial charge is 0.494 e. The maximum atomic E-state index is 12.3. The van der Waals surface area contributed by atoms with E-state index in [9.17, 15) is 13.2 Å². The molecular weight excluding hydrogens is 332 g/mol. The smallest absolute Gasteiger partial charge is 0.265 e. The molecule has 1 aromatic heterocycles. The predicted molar refractivity (Wildman–Crippen MR) is 88.6 cm³/mol. The number of carbonyl (C=O) groups excluding carboxylic acids is 1. The van der Waals surface area contributed by atoms with Gasteiger partial charge in [0.05, 0.1) is 24.7 Å². The molecule has 1 amide bonds. The van der Waals surface area contributed by atoms with Crippen molar-refractivity contribution in [2.24, 2.45) is 7.05 Å². The number of benzene rings is 1. The number of amides is 1. The predicted octanol–water partition coefficient (Wildman–Crippen LogP) is 1.36. The average Bonchev–Trinajstić information content (AvgIpc) is 3.16. The molecule has 0 atom stereocenters. The third kappa shape index (κ3) is 3.07. The fraction of sp³-hybridized carbons (Fsp3) is 0.333. The summed E-state index contributed by atoms with van der Waals surface area (Å²) in [6, 6.07) is 4.86. The highest BCUT2D eigenvalue weighted by Crippen LogP contribution is 2.34. The fourth-order valence-electron chi connectivity index (χ4n) is 2.62. The Morgan fingerprint density at radius 1 is 1.33 bits per heavy atom. The molecular formula is C15H18N4O4S. The van der Waals surface area contributed by atoms with Gasteiger partial charge in [-0.05, 0) is 18.6 Å². The van der Waals surface area contributed by atoms with Crippen LogP contribution in [-0.2, 0) is 21.9 Å². The molecule has 1 aliphatic rings. The van der Waals surface area contributed by atoms with E-state index < -0.39 is 10.0 Å². The second-order valence-electron chi connectivity index (χ2n) is 5.49. The van der Waals surface area contributed by atoms with Crippen LogP contribution in [0.25, 0.3) is 0 Å². The molecule has 8 nitrogen and oxygen atoms in total. The van der Waals surface area contributed by atoms with Crippen LogP contribution in [0.15, 0.2) is 35.5 Å². The summed E-state index contributed by atoms with van der Waals surface area (Å²) < 4.78 is 33.9. The van der Waals surface area contributed by atoms with Crippen LogP contribution in [0.3, 0.4) is 0 Å². The van der Waals surface area contributed by atoms with E-state index in [1.54, 1.807) is 30.1 Å². The van der Waals surface area contributed by atoms with E-state index in [-0.39, 0.29) is 10.8 Å². The van der Waals surface area contributed by atoms with E-state index in [0.717, 1.165) is 6.42 Å². The van der Waals surface area contributed by atoms with Crippen LogP contribution < -0.4 is 14.4 Å². The summed E-state index contributed by atoms with van der Waals surface area (Å²) in [7, 11) is -0.602. The van der Waals surface area contributed by atoms with Gasteiger partial charge in [0, 0.05) is 32.3 Å². The number of rotatable bonds is 5. The van der Waals surface area contributed by atoms with Crippen LogP contribution in [0.5, 0.6) is 5.75 Å². The van der Waals surface area contributed by atoms with E-state index >= 15 is 0 Å². The fourth-order valence-corrected chi connectivity index (χ4v) is 3.65. The van der Waals surface area contributed by atoms with Gasteiger partial charge in [-0.25, -0.2) is 8.42 Å². The lowest BCUT2D eigenvalue weighted by atomic mass is 10.2. The van der Waals surface area contributed by atoms with Gasteiger partial charge >= 0.3 is 0 Å². The molecule has 3 rings (SSSR count). The molecule has 2 aromatic rings. The molecule has 0 spiro atoms. The Morgan fingerprint density at radius 2 is 2.12 bits per heavy atom. The van der Waals surface area contributed by atoms with Gasteiger partial charge in [0.15, 0.2) is 0 Å². The number of hydrogen-bond donors (Lipinski definition) is 1. The number of anilines is 2. The lowest BCUT2D eigenvalue weighted by Gasteiger charge is -2.19. The Bertz CT molecular complexity index is 875. The van der Waals surface area contributed by atoms with Crippen LogP contribution in [0.1, 0.15) is 12.8 Å². The lowest BCUT2D eigenvalue weighted by Crippen LogP contribution is -2.24. The summed E-state index contributed by atoms with van der Waals surface area (Å²) in [6.07, 6.45) is 4.00. The molecule has 1 saturated heterocycles. The third-order valence-corrected chi connectivity index (χ3v) is 5.12. The van der Waals surface area contributed by atoms with Crippen LogP contribution in [-0.4, -0.2) is 37.8 Å². The van der Waals surface area contributed by atoms with Crippen molar-refractivity contribution >= 4 is 27.3 Å². The van der Waals surface area contributed by atoms with E-state index in [1.807, 2.05) is 0 Å². The SMILES string of the molecule is COc1cc(NS(=O)(=O)c2cnn(C)c2)ccc1N1CCCC1=O. The first kappa shape index (κ1) is 16.3. The number of nitrogens with zero attached hydrogens (tertiary/aromatic N) is 3. The molecule has 0 unspecified atom stereocenters. The van der Waals surface area contributed by atoms with Crippen LogP contribution in [0.2, 0.25) is 0 Å². The molecule has 1 N–H and O–H groups in total. The summed E-state index contributed by atoms with van der Waals surface area (Å²) >= 11 is 0. The first-order valence-corrected chi connectivity index (χ1v) is 8.89. The van der Waals surface area contributed by atoms with Gasteiger partial charge in [-0.2, -0.15) is 5.10 Å². The maximum absolute atomic E-state index is 12.3. The van der Waals surface area contributed by atoms with Gasteiger partial charge in [0.25, 0.3) is 10.0 Å². The van der Waals surface area contributed by atoms with E-state index in [1.165, 1.54) is 24.2 Å². The normalized spacial score (nSPS) is 14.9. The van der Waals surface area contributed by atoms with Crippen molar-refractivity contribution in [3.8, 4) is 5.75 Å². The van der Waals surface area contributed by atoms with Gasteiger partial charge in [-0.3, -0.25) is 14.2 Å². The topological polar surface area (TPSA) is 93.5 Å². The molecule has 0 bridgehead atoms. The molecule has 1 aliphatic heterocycles. The number of aryl methyl sites for hydroxylation is 1. The Kier molecular flexibility index (Phi) is 4.18. The highest BCUT2D eigenvalue weighted by molar-refractivity contribution is 7.92. The summed E-state index contributed by atoms with van der Waals surface area (Å²) in [6.45, 7) is 0.635. The Balaban J connectivity index is 1.88. The van der Waals surface area contributed by atoms with E-state index in [4.69, 9.17) is 4.74 Å². The number of nitrogens with one attached hydrogen (secondary N) is 1. The Morgan fingerprint density at radius 3 is 2.71 bits per heavy atom. The zero-order valence-corrected chi connectivity index (χ0v) is 14.2. The minimum atomic E-state index is -3.73. The van der Waals surface area contributed by atoms with Crippen molar-refractivity contribution in [1.82, 2.24) is 9.78 Å². The molecule has 9 heteroatoms. The summed E-state index contributed by atoms with van der Waals surface area (Å²) in [5.74, 6) is 0.480. The first-order chi connectivity index (χ1) is 11.4. The minimum Gasteiger partial charge on any atom is -0.494 e.